The number of aromatic nitrogens is 1. The molecule has 0 radical (unpaired) electrons. The maximum absolute atomic E-state index is 12.4. The number of hydrogen-bond donors (Lipinski definition) is 2. The van der Waals surface area contributed by atoms with Crippen LogP contribution in [0.5, 0.6) is 0 Å². The number of rotatable bonds is 6. The third-order valence-electron chi connectivity index (χ3n) is 2.62. The van der Waals surface area contributed by atoms with Crippen molar-refractivity contribution in [3.05, 3.63) is 33.6 Å². The second kappa shape index (κ2) is 5.90. The molecule has 0 saturated heterocycles. The van der Waals surface area contributed by atoms with Crippen molar-refractivity contribution in [3.63, 3.8) is 0 Å². The van der Waals surface area contributed by atoms with Gasteiger partial charge in [-0.3, -0.25) is 0 Å². The van der Waals surface area contributed by atoms with Gasteiger partial charge in [0.15, 0.2) is 0 Å². The molecule has 2 aromatic rings. The fourth-order valence-electron chi connectivity index (χ4n) is 1.71. The summed E-state index contributed by atoms with van der Waals surface area (Å²) in [7, 11) is -3.59. The average Bonchev–Trinajstić information content (AvgIpc) is 2.99. The van der Waals surface area contributed by atoms with Crippen molar-refractivity contribution in [2.45, 2.75) is 30.0 Å². The van der Waals surface area contributed by atoms with Gasteiger partial charge in [-0.2, -0.15) is 4.72 Å². The predicted octanol–water partition coefficient (Wildman–Crippen LogP) is 1.95. The minimum absolute atomic E-state index is 0.0119. The molecule has 0 fully saturated rings. The van der Waals surface area contributed by atoms with E-state index in [0.717, 1.165) is 4.88 Å². The Hall–Kier alpha value is -0.800. The summed E-state index contributed by atoms with van der Waals surface area (Å²) in [6.45, 7) is 3.58. The number of thiophene rings is 1. The highest BCUT2D eigenvalue weighted by molar-refractivity contribution is 7.91. The van der Waals surface area contributed by atoms with E-state index in [9.17, 15) is 8.42 Å². The first-order chi connectivity index (χ1) is 9.35. The number of aliphatic hydroxyl groups excluding tert-OH is 1. The van der Waals surface area contributed by atoms with Gasteiger partial charge in [0.25, 0.3) is 10.0 Å². The Morgan fingerprint density at radius 1 is 1.40 bits per heavy atom. The standard InChI is InChI=1S/C12H16N2O3S3/c1-12(2,11-13-6-8-18-11)14-20(16,17)10-4-3-9(19-10)5-7-15/h3-4,6,8,14-15H,5,7H2,1-2H3. The van der Waals surface area contributed by atoms with Crippen molar-refractivity contribution in [3.8, 4) is 0 Å². The van der Waals surface area contributed by atoms with E-state index in [0.29, 0.717) is 11.4 Å². The summed E-state index contributed by atoms with van der Waals surface area (Å²) < 4.78 is 27.7. The number of aliphatic hydroxyl groups is 1. The van der Waals surface area contributed by atoms with Crippen LogP contribution in [0.25, 0.3) is 0 Å². The second-order valence-electron chi connectivity index (χ2n) is 4.76. The van der Waals surface area contributed by atoms with Gasteiger partial charge in [0.05, 0.1) is 5.54 Å². The first-order valence-corrected chi connectivity index (χ1v) is 9.16. The lowest BCUT2D eigenvalue weighted by molar-refractivity contribution is 0.300. The van der Waals surface area contributed by atoms with E-state index in [-0.39, 0.29) is 10.8 Å². The van der Waals surface area contributed by atoms with Crippen LogP contribution in [0.1, 0.15) is 23.7 Å². The quantitative estimate of drug-likeness (QED) is 0.847. The van der Waals surface area contributed by atoms with Crippen LogP contribution in [0.4, 0.5) is 0 Å². The van der Waals surface area contributed by atoms with Gasteiger partial charge in [-0.05, 0) is 26.0 Å². The van der Waals surface area contributed by atoms with Crippen LogP contribution in [0.2, 0.25) is 0 Å². The zero-order valence-electron chi connectivity index (χ0n) is 11.2. The molecule has 0 bridgehead atoms. The van der Waals surface area contributed by atoms with Gasteiger partial charge in [0, 0.05) is 29.5 Å². The topological polar surface area (TPSA) is 79.3 Å². The van der Waals surface area contributed by atoms with Crippen molar-refractivity contribution in [1.82, 2.24) is 9.71 Å². The minimum atomic E-state index is -3.59. The normalized spacial score (nSPS) is 12.8. The predicted molar refractivity (Wildman–Crippen MR) is 80.6 cm³/mol. The van der Waals surface area contributed by atoms with Crippen LogP contribution in [-0.2, 0) is 22.0 Å². The van der Waals surface area contributed by atoms with Crippen LogP contribution in [0.3, 0.4) is 0 Å². The van der Waals surface area contributed by atoms with Gasteiger partial charge >= 0.3 is 0 Å². The molecule has 2 aromatic heterocycles. The number of thiazole rings is 1. The molecule has 2 N–H and O–H groups in total. The summed E-state index contributed by atoms with van der Waals surface area (Å²) in [5, 5.41) is 11.4. The Balaban J connectivity index is 2.22. The highest BCUT2D eigenvalue weighted by atomic mass is 32.2. The molecule has 8 heteroatoms. The second-order valence-corrected chi connectivity index (χ2v) is 8.73. The maximum atomic E-state index is 12.4. The largest absolute Gasteiger partial charge is 0.396 e. The summed E-state index contributed by atoms with van der Waals surface area (Å²) in [4.78, 5) is 5.01. The number of sulfonamides is 1. The lowest BCUT2D eigenvalue weighted by Crippen LogP contribution is -2.40. The van der Waals surface area contributed by atoms with Gasteiger partial charge in [-0.1, -0.05) is 0 Å². The van der Waals surface area contributed by atoms with Crippen LogP contribution in [0, 0.1) is 0 Å². The van der Waals surface area contributed by atoms with Crippen molar-refractivity contribution < 1.29 is 13.5 Å². The lowest BCUT2D eigenvalue weighted by atomic mass is 10.1. The molecule has 0 saturated carbocycles. The van der Waals surface area contributed by atoms with E-state index in [1.807, 2.05) is 5.38 Å². The molecule has 0 spiro atoms. The number of hydrogen-bond acceptors (Lipinski definition) is 6. The Labute approximate surface area is 126 Å². The third-order valence-corrected chi connectivity index (χ3v) is 7.01. The van der Waals surface area contributed by atoms with E-state index in [1.165, 1.54) is 22.7 Å². The molecular formula is C12H16N2O3S3. The number of nitrogens with zero attached hydrogens (tertiary/aromatic N) is 1. The van der Waals surface area contributed by atoms with E-state index in [1.54, 1.807) is 32.2 Å². The molecule has 2 heterocycles. The van der Waals surface area contributed by atoms with Gasteiger partial charge in [-0.15, -0.1) is 22.7 Å². The lowest BCUT2D eigenvalue weighted by Gasteiger charge is -2.22. The summed E-state index contributed by atoms with van der Waals surface area (Å²) in [5.41, 5.74) is -0.756. The molecule has 5 nitrogen and oxygen atoms in total. The average molecular weight is 332 g/mol. The number of nitrogens with one attached hydrogen (secondary N) is 1. The van der Waals surface area contributed by atoms with Gasteiger partial charge in [0.1, 0.15) is 9.22 Å². The smallest absolute Gasteiger partial charge is 0.250 e. The molecule has 0 aliphatic carbocycles. The molecule has 0 unspecified atom stereocenters. The molecule has 0 aliphatic heterocycles. The molecule has 110 valence electrons. The van der Waals surface area contributed by atoms with Crippen molar-refractivity contribution in [2.24, 2.45) is 0 Å². The summed E-state index contributed by atoms with van der Waals surface area (Å²) in [5.74, 6) is 0. The Morgan fingerprint density at radius 2 is 2.15 bits per heavy atom. The van der Waals surface area contributed by atoms with Gasteiger partial charge in [-0.25, -0.2) is 13.4 Å². The molecule has 0 amide bonds. The monoisotopic (exact) mass is 332 g/mol. The first kappa shape index (κ1) is 15.6. The van der Waals surface area contributed by atoms with Crippen molar-refractivity contribution in [1.29, 1.82) is 0 Å². The molecular weight excluding hydrogens is 316 g/mol. The van der Waals surface area contributed by atoms with Crippen LogP contribution in [0.15, 0.2) is 27.9 Å². The zero-order valence-corrected chi connectivity index (χ0v) is 13.6. The maximum Gasteiger partial charge on any atom is 0.250 e. The van der Waals surface area contributed by atoms with Crippen LogP contribution < -0.4 is 4.72 Å². The first-order valence-electron chi connectivity index (χ1n) is 5.99. The SMILES string of the molecule is CC(C)(NS(=O)(=O)c1ccc(CCO)s1)c1nccs1. The molecule has 2 rings (SSSR count). The summed E-state index contributed by atoms with van der Waals surface area (Å²) >= 11 is 2.59. The van der Waals surface area contributed by atoms with E-state index in [2.05, 4.69) is 9.71 Å². The van der Waals surface area contributed by atoms with Crippen LogP contribution >= 0.6 is 22.7 Å². The van der Waals surface area contributed by atoms with Gasteiger partial charge in [0.2, 0.25) is 0 Å². The highest BCUT2D eigenvalue weighted by Gasteiger charge is 2.30. The zero-order chi connectivity index (χ0) is 14.8. The summed E-state index contributed by atoms with van der Waals surface area (Å²) in [6, 6.07) is 3.29. The molecule has 20 heavy (non-hydrogen) atoms. The fourth-order valence-corrected chi connectivity index (χ4v) is 5.22. The van der Waals surface area contributed by atoms with Crippen LogP contribution in [-0.4, -0.2) is 25.1 Å². The van der Waals surface area contributed by atoms with E-state index in [4.69, 9.17) is 5.11 Å². The van der Waals surface area contributed by atoms with Crippen molar-refractivity contribution in [2.75, 3.05) is 6.61 Å². The molecule has 0 aromatic carbocycles. The highest BCUT2D eigenvalue weighted by Crippen LogP contribution is 2.27. The fraction of sp³-hybridized carbons (Fsp3) is 0.417. The Morgan fingerprint density at radius 3 is 2.75 bits per heavy atom. The molecule has 0 atom stereocenters. The minimum Gasteiger partial charge on any atom is -0.396 e. The van der Waals surface area contributed by atoms with E-state index < -0.39 is 15.6 Å². The Bertz CT molecular complexity index is 660. The summed E-state index contributed by atoms with van der Waals surface area (Å²) in [6.07, 6.45) is 2.12. The van der Waals surface area contributed by atoms with Crippen molar-refractivity contribution >= 4 is 32.7 Å². The third kappa shape index (κ3) is 3.44. The van der Waals surface area contributed by atoms with Gasteiger partial charge < -0.3 is 5.11 Å². The molecule has 0 aliphatic rings. The van der Waals surface area contributed by atoms with E-state index >= 15 is 0 Å². The Kier molecular flexibility index (Phi) is 4.60.